The summed E-state index contributed by atoms with van der Waals surface area (Å²) in [5.41, 5.74) is 0.396. The van der Waals surface area contributed by atoms with Crippen LogP contribution in [0.25, 0.3) is 0 Å². The van der Waals surface area contributed by atoms with E-state index in [1.807, 2.05) is 24.8 Å². The second kappa shape index (κ2) is 10.7. The van der Waals surface area contributed by atoms with Crippen molar-refractivity contribution in [2.24, 2.45) is 5.92 Å². The second-order valence-electron chi connectivity index (χ2n) is 10.5. The summed E-state index contributed by atoms with van der Waals surface area (Å²) in [6, 6.07) is 10.5. The molecule has 2 heterocycles. The Labute approximate surface area is 222 Å². The smallest absolute Gasteiger partial charge is 0.423 e. The molecule has 2 saturated heterocycles. The number of halogens is 1. The highest BCUT2D eigenvalue weighted by Gasteiger charge is 2.53. The zero-order valence-electron chi connectivity index (χ0n) is 22.1. The van der Waals surface area contributed by atoms with Gasteiger partial charge in [-0.3, -0.25) is 14.4 Å². The van der Waals surface area contributed by atoms with E-state index in [4.69, 9.17) is 0 Å². The molecule has 0 aromatic heterocycles. The molecule has 2 aliphatic heterocycles. The van der Waals surface area contributed by atoms with Crippen molar-refractivity contribution in [3.8, 4) is 0 Å². The molecule has 2 aromatic carbocycles. The lowest BCUT2D eigenvalue weighted by molar-refractivity contribution is -0.139. The van der Waals surface area contributed by atoms with E-state index >= 15 is 0 Å². The Kier molecular flexibility index (Phi) is 7.80. The molecule has 38 heavy (non-hydrogen) atoms. The van der Waals surface area contributed by atoms with Gasteiger partial charge in [0.15, 0.2) is 0 Å². The number of amides is 3. The minimum Gasteiger partial charge on any atom is -0.423 e. The fraction of sp³-hybridized carbons (Fsp3) is 0.444. The topological polar surface area (TPSA) is 113 Å². The Balaban J connectivity index is 1.51. The van der Waals surface area contributed by atoms with Gasteiger partial charge in [0, 0.05) is 25.8 Å². The molecule has 0 radical (unpaired) electrons. The first-order valence-corrected chi connectivity index (χ1v) is 12.8. The van der Waals surface area contributed by atoms with Gasteiger partial charge in [-0.1, -0.05) is 38.1 Å². The van der Waals surface area contributed by atoms with Gasteiger partial charge in [0.1, 0.15) is 17.4 Å². The van der Waals surface area contributed by atoms with Crippen molar-refractivity contribution in [3.63, 3.8) is 0 Å². The number of nitrogens with one attached hydrogen (secondary N) is 1. The quantitative estimate of drug-likeness (QED) is 0.484. The molecular formula is C27H34BFN4O5. The highest BCUT2D eigenvalue weighted by molar-refractivity contribution is 6.58. The number of carbonyl (C=O) groups excluding carboxylic acids is 3. The zero-order chi connectivity index (χ0) is 27.8. The van der Waals surface area contributed by atoms with E-state index in [9.17, 15) is 28.8 Å². The Bertz CT molecular complexity index is 1230. The molecule has 11 heteroatoms. The van der Waals surface area contributed by atoms with Crippen LogP contribution in [0, 0.1) is 18.7 Å². The molecule has 2 aromatic rings. The third-order valence-electron chi connectivity index (χ3n) is 7.65. The summed E-state index contributed by atoms with van der Waals surface area (Å²) in [4.78, 5) is 45.0. The number of hydrogen-bond donors (Lipinski definition) is 3. The van der Waals surface area contributed by atoms with Crippen molar-refractivity contribution in [2.75, 3.05) is 31.7 Å². The lowest BCUT2D eigenvalue weighted by Gasteiger charge is -2.44. The van der Waals surface area contributed by atoms with Crippen LogP contribution in [0.15, 0.2) is 42.5 Å². The second-order valence-corrected chi connectivity index (χ2v) is 10.5. The highest BCUT2D eigenvalue weighted by atomic mass is 19.1. The predicted molar refractivity (Wildman–Crippen MR) is 142 cm³/mol. The van der Waals surface area contributed by atoms with E-state index in [2.05, 4.69) is 5.32 Å². The summed E-state index contributed by atoms with van der Waals surface area (Å²) < 4.78 is 14.5. The first kappa shape index (κ1) is 27.6. The van der Waals surface area contributed by atoms with E-state index in [-0.39, 0.29) is 23.3 Å². The van der Waals surface area contributed by atoms with E-state index < -0.39 is 30.4 Å². The molecule has 3 amide bonds. The maximum Gasteiger partial charge on any atom is 0.488 e. The third-order valence-corrected chi connectivity index (χ3v) is 7.65. The van der Waals surface area contributed by atoms with Gasteiger partial charge >= 0.3 is 7.12 Å². The van der Waals surface area contributed by atoms with Gasteiger partial charge in [-0.25, -0.2) is 4.39 Å². The molecular weight excluding hydrogens is 490 g/mol. The Hall–Kier alpha value is -3.44. The number of likely N-dealkylation sites (N-methyl/N-ethyl adjacent to an activating group) is 1. The first-order chi connectivity index (χ1) is 18.0. The molecule has 1 atom stereocenters. The molecule has 202 valence electrons. The summed E-state index contributed by atoms with van der Waals surface area (Å²) in [5.74, 6) is -1.81. The molecule has 0 bridgehead atoms. The van der Waals surface area contributed by atoms with Crippen LogP contribution in [-0.4, -0.2) is 83.1 Å². The molecule has 3 N–H and O–H groups in total. The van der Waals surface area contributed by atoms with Crippen LogP contribution < -0.4 is 15.7 Å². The zero-order valence-corrected chi connectivity index (χ0v) is 22.1. The molecule has 2 fully saturated rings. The molecule has 0 saturated carbocycles. The summed E-state index contributed by atoms with van der Waals surface area (Å²) in [6.45, 7) is 6.16. The Morgan fingerprint density at radius 2 is 1.76 bits per heavy atom. The van der Waals surface area contributed by atoms with Gasteiger partial charge in [-0.05, 0) is 54.9 Å². The minimum absolute atomic E-state index is 0.0526. The number of hydrogen-bond acceptors (Lipinski definition) is 6. The molecule has 1 spiro atoms. The number of aryl methyl sites for hydroxylation is 1. The van der Waals surface area contributed by atoms with E-state index in [1.165, 1.54) is 6.07 Å². The summed E-state index contributed by atoms with van der Waals surface area (Å²) in [6.07, 6.45) is 0.748. The summed E-state index contributed by atoms with van der Waals surface area (Å²) in [5, 5.41) is 22.0. The molecule has 9 nitrogen and oxygen atoms in total. The van der Waals surface area contributed by atoms with E-state index in [0.29, 0.717) is 49.3 Å². The number of anilines is 1. The number of benzene rings is 2. The first-order valence-electron chi connectivity index (χ1n) is 12.8. The van der Waals surface area contributed by atoms with Crippen LogP contribution >= 0.6 is 0 Å². The average Bonchev–Trinajstić information content (AvgIpc) is 3.13. The summed E-state index contributed by atoms with van der Waals surface area (Å²) >= 11 is 0. The minimum atomic E-state index is -1.63. The Morgan fingerprint density at radius 1 is 1.11 bits per heavy atom. The van der Waals surface area contributed by atoms with Crippen molar-refractivity contribution in [1.82, 2.24) is 15.1 Å². The van der Waals surface area contributed by atoms with E-state index in [1.54, 1.807) is 54.1 Å². The molecule has 0 aliphatic carbocycles. The van der Waals surface area contributed by atoms with Crippen molar-refractivity contribution in [2.45, 2.75) is 45.2 Å². The Morgan fingerprint density at radius 3 is 2.39 bits per heavy atom. The monoisotopic (exact) mass is 524 g/mol. The van der Waals surface area contributed by atoms with Crippen LogP contribution in [-0.2, 0) is 9.59 Å². The number of carbonyl (C=O) groups is 3. The van der Waals surface area contributed by atoms with Crippen molar-refractivity contribution in [1.29, 1.82) is 0 Å². The van der Waals surface area contributed by atoms with Gasteiger partial charge in [-0.15, -0.1) is 0 Å². The lowest BCUT2D eigenvalue weighted by Crippen LogP contribution is -2.60. The van der Waals surface area contributed by atoms with Gasteiger partial charge in [0.2, 0.25) is 11.8 Å². The number of likely N-dealkylation sites (tertiary alicyclic amines) is 1. The number of rotatable bonds is 6. The van der Waals surface area contributed by atoms with Gasteiger partial charge < -0.3 is 30.1 Å². The SMILES string of the molecule is Cc1cccc(C(=O)NC(C(=O)N2CCC3(CC2)C(=O)N(C)CN3c2cccc(B(O)O)c2)C(C)C)c1F. The standard InChI is InChI=1S/C27H34BFN4O5/c1-17(2)23(30-24(34)21-10-5-7-18(3)22(21)29)25(35)32-13-11-27(12-14-32)26(36)31(4)16-33(27)20-9-6-8-19(15-20)28(37)38/h5-10,15,17,23,37-38H,11-14,16H2,1-4H3,(H,30,34). The van der Waals surface area contributed by atoms with E-state index in [0.717, 1.165) is 0 Å². The normalized spacial score (nSPS) is 17.8. The molecule has 2 aliphatic rings. The van der Waals surface area contributed by atoms with Crippen molar-refractivity contribution in [3.05, 3.63) is 59.4 Å². The van der Waals surface area contributed by atoms with Gasteiger partial charge in [0.05, 0.1) is 12.2 Å². The predicted octanol–water partition coefficient (Wildman–Crippen LogP) is 0.866. The summed E-state index contributed by atoms with van der Waals surface area (Å²) in [7, 11) is 0.0963. The van der Waals surface area contributed by atoms with Gasteiger partial charge in [0.25, 0.3) is 5.91 Å². The van der Waals surface area contributed by atoms with Crippen LogP contribution in [0.1, 0.15) is 42.6 Å². The van der Waals surface area contributed by atoms with Gasteiger partial charge in [-0.2, -0.15) is 0 Å². The molecule has 4 rings (SSSR count). The third kappa shape index (κ3) is 5.00. The molecule has 1 unspecified atom stereocenters. The maximum absolute atomic E-state index is 14.5. The highest BCUT2D eigenvalue weighted by Crippen LogP contribution is 2.39. The lowest BCUT2D eigenvalue weighted by atomic mass is 9.79. The van der Waals surface area contributed by atoms with Crippen LogP contribution in [0.4, 0.5) is 10.1 Å². The van der Waals surface area contributed by atoms with Crippen molar-refractivity contribution >= 4 is 36.0 Å². The number of nitrogens with zero attached hydrogens (tertiary/aromatic N) is 3. The van der Waals surface area contributed by atoms with Crippen LogP contribution in [0.3, 0.4) is 0 Å². The maximum atomic E-state index is 14.5. The van der Waals surface area contributed by atoms with Crippen LogP contribution in [0.5, 0.6) is 0 Å². The average molecular weight is 524 g/mol. The largest absolute Gasteiger partial charge is 0.488 e. The van der Waals surface area contributed by atoms with Crippen molar-refractivity contribution < 1.29 is 28.8 Å². The fourth-order valence-corrected chi connectivity index (χ4v) is 5.40. The fourth-order valence-electron chi connectivity index (χ4n) is 5.40. The van der Waals surface area contributed by atoms with Crippen LogP contribution in [0.2, 0.25) is 0 Å². The number of piperidine rings is 1.